The Kier molecular flexibility index (Phi) is 2.77. The lowest BCUT2D eigenvalue weighted by molar-refractivity contribution is 0.333. The zero-order valence-corrected chi connectivity index (χ0v) is 10.8. The van der Waals surface area contributed by atoms with Gasteiger partial charge in [0.05, 0.1) is 7.11 Å². The molecule has 1 aromatic carbocycles. The van der Waals surface area contributed by atoms with Crippen molar-refractivity contribution in [2.24, 2.45) is 5.92 Å². The van der Waals surface area contributed by atoms with Gasteiger partial charge in [0, 0.05) is 24.7 Å². The van der Waals surface area contributed by atoms with Crippen LogP contribution in [0.1, 0.15) is 18.9 Å². The van der Waals surface area contributed by atoms with Gasteiger partial charge >= 0.3 is 0 Å². The molecule has 18 heavy (non-hydrogen) atoms. The van der Waals surface area contributed by atoms with Crippen molar-refractivity contribution in [2.75, 3.05) is 13.7 Å². The minimum absolute atomic E-state index is 0.345. The molecule has 0 aromatic heterocycles. The Morgan fingerprint density at radius 2 is 2.00 bits per heavy atom. The molecule has 3 atom stereocenters. The number of fused-ring (bicyclic) bond motifs is 1. The molecule has 2 nitrogen and oxygen atoms in total. The molecule has 1 saturated heterocycles. The third-order valence-corrected chi connectivity index (χ3v) is 4.02. The molecule has 2 heterocycles. The smallest absolute Gasteiger partial charge is 0.119 e. The molecular formula is C15H18FNO. The minimum Gasteiger partial charge on any atom is -0.497 e. The van der Waals surface area contributed by atoms with Crippen molar-refractivity contribution in [1.29, 1.82) is 0 Å². The van der Waals surface area contributed by atoms with Gasteiger partial charge in [0.15, 0.2) is 0 Å². The third-order valence-electron chi connectivity index (χ3n) is 4.02. The number of ether oxygens (including phenoxy) is 1. The molecule has 0 bridgehead atoms. The molecular weight excluding hydrogens is 229 g/mol. The first-order valence-corrected chi connectivity index (χ1v) is 6.46. The lowest BCUT2D eigenvalue weighted by Crippen LogP contribution is -2.26. The number of rotatable bonds is 2. The van der Waals surface area contributed by atoms with Gasteiger partial charge in [0.2, 0.25) is 0 Å². The molecule has 3 heteroatoms. The summed E-state index contributed by atoms with van der Waals surface area (Å²) in [7, 11) is 1.66. The first kappa shape index (κ1) is 11.6. The van der Waals surface area contributed by atoms with E-state index in [9.17, 15) is 4.39 Å². The van der Waals surface area contributed by atoms with E-state index >= 15 is 0 Å². The second-order valence-electron chi connectivity index (χ2n) is 5.19. The van der Waals surface area contributed by atoms with Gasteiger partial charge in [0.25, 0.3) is 0 Å². The van der Waals surface area contributed by atoms with Crippen LogP contribution in [0.3, 0.4) is 0 Å². The van der Waals surface area contributed by atoms with E-state index in [1.807, 2.05) is 24.3 Å². The molecule has 0 saturated carbocycles. The maximum absolute atomic E-state index is 13.5. The molecule has 96 valence electrons. The third kappa shape index (κ3) is 1.78. The molecule has 1 aromatic rings. The maximum atomic E-state index is 13.5. The van der Waals surface area contributed by atoms with E-state index in [4.69, 9.17) is 4.74 Å². The molecule has 2 aliphatic rings. The van der Waals surface area contributed by atoms with Gasteiger partial charge < -0.3 is 9.64 Å². The first-order valence-electron chi connectivity index (χ1n) is 6.46. The van der Waals surface area contributed by atoms with E-state index in [0.717, 1.165) is 11.3 Å². The van der Waals surface area contributed by atoms with Crippen LogP contribution in [0, 0.1) is 5.92 Å². The monoisotopic (exact) mass is 247 g/mol. The summed E-state index contributed by atoms with van der Waals surface area (Å²) in [6.07, 6.45) is 2.25. The number of benzene rings is 1. The van der Waals surface area contributed by atoms with E-state index in [-0.39, 0.29) is 0 Å². The lowest BCUT2D eigenvalue weighted by atomic mass is 10.0. The van der Waals surface area contributed by atoms with Crippen LogP contribution < -0.4 is 4.74 Å². The number of alkyl halides is 1. The molecule has 1 fully saturated rings. The van der Waals surface area contributed by atoms with Crippen LogP contribution in [0.5, 0.6) is 5.75 Å². The van der Waals surface area contributed by atoms with E-state index in [2.05, 4.69) is 17.9 Å². The Bertz CT molecular complexity index is 468. The van der Waals surface area contributed by atoms with Crippen LogP contribution in [0.25, 0.3) is 5.70 Å². The van der Waals surface area contributed by atoms with E-state index in [0.29, 0.717) is 24.9 Å². The summed E-state index contributed by atoms with van der Waals surface area (Å²) in [5.74, 6) is 1.29. The Balaban J connectivity index is 1.89. The molecule has 2 aliphatic heterocycles. The lowest BCUT2D eigenvalue weighted by Gasteiger charge is -2.23. The first-order chi connectivity index (χ1) is 8.69. The molecule has 0 spiro atoms. The van der Waals surface area contributed by atoms with Gasteiger partial charge in [-0.05, 0) is 35.7 Å². The molecule has 3 rings (SSSR count). The average molecular weight is 247 g/mol. The number of hydrogen-bond acceptors (Lipinski definition) is 2. The van der Waals surface area contributed by atoms with Gasteiger partial charge in [-0.2, -0.15) is 0 Å². The van der Waals surface area contributed by atoms with Crippen LogP contribution in [-0.2, 0) is 0 Å². The van der Waals surface area contributed by atoms with Crippen molar-refractivity contribution in [1.82, 2.24) is 4.90 Å². The van der Waals surface area contributed by atoms with Crippen LogP contribution in [0.2, 0.25) is 0 Å². The highest BCUT2D eigenvalue weighted by Gasteiger charge is 2.40. The highest BCUT2D eigenvalue weighted by molar-refractivity contribution is 5.68. The summed E-state index contributed by atoms with van der Waals surface area (Å²) in [4.78, 5) is 2.22. The molecule has 0 aliphatic carbocycles. The zero-order chi connectivity index (χ0) is 12.7. The van der Waals surface area contributed by atoms with Crippen molar-refractivity contribution in [2.45, 2.75) is 25.6 Å². The summed E-state index contributed by atoms with van der Waals surface area (Å²) >= 11 is 0. The largest absolute Gasteiger partial charge is 0.497 e. The predicted molar refractivity (Wildman–Crippen MR) is 70.1 cm³/mol. The number of hydrogen-bond donors (Lipinski definition) is 0. The SMILES string of the molecule is COc1ccc(C2=CC(C)C3C[C@@H](F)CN23)cc1. The summed E-state index contributed by atoms with van der Waals surface area (Å²) in [5.41, 5.74) is 2.33. The standard InChI is InChI=1S/C15H18FNO/c1-10-7-15(17-9-12(16)8-14(10)17)11-3-5-13(18-2)6-4-11/h3-7,10,12,14H,8-9H2,1-2H3/t10?,12-,14?/m1/s1. The van der Waals surface area contributed by atoms with E-state index in [1.54, 1.807) is 7.11 Å². The highest BCUT2D eigenvalue weighted by Crippen LogP contribution is 2.40. The minimum atomic E-state index is -0.681. The van der Waals surface area contributed by atoms with Gasteiger partial charge in [-0.1, -0.05) is 13.0 Å². The fourth-order valence-electron chi connectivity index (χ4n) is 3.07. The van der Waals surface area contributed by atoms with Gasteiger partial charge in [-0.15, -0.1) is 0 Å². The Morgan fingerprint density at radius 3 is 2.67 bits per heavy atom. The van der Waals surface area contributed by atoms with Gasteiger partial charge in [-0.3, -0.25) is 0 Å². The quantitative estimate of drug-likeness (QED) is 0.796. The van der Waals surface area contributed by atoms with Crippen molar-refractivity contribution in [3.63, 3.8) is 0 Å². The average Bonchev–Trinajstić information content (AvgIpc) is 2.89. The molecule has 0 amide bonds. The summed E-state index contributed by atoms with van der Waals surface area (Å²) in [5, 5.41) is 0. The van der Waals surface area contributed by atoms with Crippen molar-refractivity contribution in [3.05, 3.63) is 35.9 Å². The van der Waals surface area contributed by atoms with Crippen LogP contribution in [-0.4, -0.2) is 30.8 Å². The highest BCUT2D eigenvalue weighted by atomic mass is 19.1. The molecule has 0 radical (unpaired) electrons. The second kappa shape index (κ2) is 4.30. The summed E-state index contributed by atoms with van der Waals surface area (Å²) < 4.78 is 18.7. The van der Waals surface area contributed by atoms with Crippen LogP contribution >= 0.6 is 0 Å². The Hall–Kier alpha value is -1.51. The second-order valence-corrected chi connectivity index (χ2v) is 5.19. The molecule has 0 N–H and O–H groups in total. The van der Waals surface area contributed by atoms with Crippen molar-refractivity contribution in [3.8, 4) is 5.75 Å². The van der Waals surface area contributed by atoms with E-state index < -0.39 is 6.17 Å². The van der Waals surface area contributed by atoms with Crippen molar-refractivity contribution >= 4 is 5.70 Å². The Morgan fingerprint density at radius 1 is 1.28 bits per heavy atom. The van der Waals surface area contributed by atoms with Crippen LogP contribution in [0.15, 0.2) is 30.3 Å². The summed E-state index contributed by atoms with van der Waals surface area (Å²) in [6.45, 7) is 2.71. The zero-order valence-electron chi connectivity index (χ0n) is 10.8. The Labute approximate surface area is 107 Å². The topological polar surface area (TPSA) is 12.5 Å². The molecule has 2 unspecified atom stereocenters. The fraction of sp³-hybridized carbons (Fsp3) is 0.467. The van der Waals surface area contributed by atoms with Crippen LogP contribution in [0.4, 0.5) is 4.39 Å². The maximum Gasteiger partial charge on any atom is 0.119 e. The fourth-order valence-corrected chi connectivity index (χ4v) is 3.07. The number of halogens is 1. The number of nitrogens with zero attached hydrogens (tertiary/aromatic N) is 1. The normalized spacial score (nSPS) is 30.3. The van der Waals surface area contributed by atoms with Gasteiger partial charge in [0.1, 0.15) is 11.9 Å². The number of methoxy groups -OCH3 is 1. The predicted octanol–water partition coefficient (Wildman–Crippen LogP) is 3.10. The van der Waals surface area contributed by atoms with Gasteiger partial charge in [-0.25, -0.2) is 4.39 Å². The summed E-state index contributed by atoms with van der Waals surface area (Å²) in [6, 6.07) is 8.35. The van der Waals surface area contributed by atoms with E-state index in [1.165, 1.54) is 5.70 Å². The van der Waals surface area contributed by atoms with Crippen molar-refractivity contribution < 1.29 is 9.13 Å².